The fourth-order valence-corrected chi connectivity index (χ4v) is 2.66. The van der Waals surface area contributed by atoms with Gasteiger partial charge in [-0.2, -0.15) is 0 Å². The Morgan fingerprint density at radius 1 is 1.24 bits per heavy atom. The van der Waals surface area contributed by atoms with Crippen molar-refractivity contribution in [1.82, 2.24) is 5.32 Å². The molecule has 0 saturated carbocycles. The summed E-state index contributed by atoms with van der Waals surface area (Å²) in [5, 5.41) is 3.65. The minimum atomic E-state index is 0.383. The summed E-state index contributed by atoms with van der Waals surface area (Å²) in [5.41, 5.74) is 2.70. The van der Waals surface area contributed by atoms with Gasteiger partial charge in [-0.05, 0) is 39.2 Å². The Kier molecular flexibility index (Phi) is 4.19. The zero-order valence-electron chi connectivity index (χ0n) is 11.1. The van der Waals surface area contributed by atoms with E-state index >= 15 is 0 Å². The van der Waals surface area contributed by atoms with Crippen LogP contribution in [0.15, 0.2) is 24.3 Å². The lowest BCUT2D eigenvalue weighted by molar-refractivity contribution is -0.0422. The number of benzene rings is 1. The molecule has 1 saturated heterocycles. The lowest BCUT2D eigenvalue weighted by Gasteiger charge is -2.32. The van der Waals surface area contributed by atoms with E-state index in [1.807, 2.05) is 0 Å². The highest BCUT2D eigenvalue weighted by molar-refractivity contribution is 5.22. The van der Waals surface area contributed by atoms with Gasteiger partial charge < -0.3 is 10.1 Å². The maximum Gasteiger partial charge on any atom is 0.0565 e. The predicted octanol–water partition coefficient (Wildman–Crippen LogP) is 3.04. The molecule has 1 aliphatic heterocycles. The molecule has 0 radical (unpaired) electrons. The SMILES string of the molecule is Cc1cccc(CNC2CC(C)OC(C)C2)c1. The highest BCUT2D eigenvalue weighted by Crippen LogP contribution is 2.19. The minimum Gasteiger partial charge on any atom is -0.375 e. The van der Waals surface area contributed by atoms with Crippen molar-refractivity contribution in [2.75, 3.05) is 0 Å². The number of nitrogens with one attached hydrogen (secondary N) is 1. The normalized spacial score (nSPS) is 29.2. The van der Waals surface area contributed by atoms with Gasteiger partial charge in [-0.1, -0.05) is 29.8 Å². The summed E-state index contributed by atoms with van der Waals surface area (Å²) in [6.45, 7) is 7.43. The smallest absolute Gasteiger partial charge is 0.0565 e. The Morgan fingerprint density at radius 3 is 2.59 bits per heavy atom. The fourth-order valence-electron chi connectivity index (χ4n) is 2.66. The highest BCUT2D eigenvalue weighted by atomic mass is 16.5. The van der Waals surface area contributed by atoms with Crippen molar-refractivity contribution in [2.45, 2.75) is 58.4 Å². The maximum atomic E-state index is 5.75. The number of hydrogen-bond acceptors (Lipinski definition) is 2. The van der Waals surface area contributed by atoms with Gasteiger partial charge >= 0.3 is 0 Å². The molecule has 1 fully saturated rings. The van der Waals surface area contributed by atoms with Crippen LogP contribution < -0.4 is 5.32 Å². The second-order valence-electron chi connectivity index (χ2n) is 5.30. The van der Waals surface area contributed by atoms with Crippen LogP contribution in [-0.2, 0) is 11.3 Å². The van der Waals surface area contributed by atoms with E-state index in [4.69, 9.17) is 4.74 Å². The van der Waals surface area contributed by atoms with Crippen LogP contribution >= 0.6 is 0 Å². The van der Waals surface area contributed by atoms with Crippen LogP contribution in [0.5, 0.6) is 0 Å². The summed E-state index contributed by atoms with van der Waals surface area (Å²) in [7, 11) is 0. The highest BCUT2D eigenvalue weighted by Gasteiger charge is 2.23. The van der Waals surface area contributed by atoms with Crippen LogP contribution in [0.25, 0.3) is 0 Å². The minimum absolute atomic E-state index is 0.383. The summed E-state index contributed by atoms with van der Waals surface area (Å²) in [4.78, 5) is 0. The molecule has 2 rings (SSSR count). The molecule has 0 amide bonds. The predicted molar refractivity (Wildman–Crippen MR) is 71.0 cm³/mol. The van der Waals surface area contributed by atoms with Gasteiger partial charge in [0.2, 0.25) is 0 Å². The standard InChI is InChI=1S/C15H23NO/c1-11-5-4-6-14(7-11)10-16-15-8-12(2)17-13(3)9-15/h4-7,12-13,15-16H,8-10H2,1-3H3. The molecular formula is C15H23NO. The van der Waals surface area contributed by atoms with Gasteiger partial charge in [-0.3, -0.25) is 0 Å². The maximum absolute atomic E-state index is 5.75. The number of ether oxygens (including phenoxy) is 1. The molecule has 1 aromatic carbocycles. The quantitative estimate of drug-likeness (QED) is 0.866. The number of rotatable bonds is 3. The molecule has 1 heterocycles. The molecule has 17 heavy (non-hydrogen) atoms. The number of hydrogen-bond donors (Lipinski definition) is 1. The largest absolute Gasteiger partial charge is 0.375 e. The van der Waals surface area contributed by atoms with Crippen molar-refractivity contribution in [1.29, 1.82) is 0 Å². The first-order chi connectivity index (χ1) is 8.13. The lowest BCUT2D eigenvalue weighted by Crippen LogP contribution is -2.40. The summed E-state index contributed by atoms with van der Waals surface area (Å²) in [6, 6.07) is 9.30. The van der Waals surface area contributed by atoms with Gasteiger partial charge in [-0.25, -0.2) is 0 Å². The van der Waals surface area contributed by atoms with Gasteiger partial charge in [0.05, 0.1) is 12.2 Å². The van der Waals surface area contributed by atoms with E-state index in [0.29, 0.717) is 18.2 Å². The van der Waals surface area contributed by atoms with Crippen LogP contribution in [0.3, 0.4) is 0 Å². The Morgan fingerprint density at radius 2 is 1.94 bits per heavy atom. The van der Waals surface area contributed by atoms with Gasteiger partial charge in [-0.15, -0.1) is 0 Å². The molecular weight excluding hydrogens is 210 g/mol. The van der Waals surface area contributed by atoms with Crippen LogP contribution in [0.2, 0.25) is 0 Å². The third-order valence-corrected chi connectivity index (χ3v) is 3.37. The average Bonchev–Trinajstić information content (AvgIpc) is 2.25. The van der Waals surface area contributed by atoms with Gasteiger partial charge in [0.15, 0.2) is 0 Å². The molecule has 2 heteroatoms. The Labute approximate surface area is 104 Å². The van der Waals surface area contributed by atoms with E-state index in [0.717, 1.165) is 19.4 Å². The summed E-state index contributed by atoms with van der Waals surface area (Å²) in [6.07, 6.45) is 3.01. The molecule has 1 aliphatic rings. The second kappa shape index (κ2) is 5.65. The molecule has 1 N–H and O–H groups in total. The Bertz CT molecular complexity index is 354. The summed E-state index contributed by atoms with van der Waals surface area (Å²) < 4.78 is 5.75. The van der Waals surface area contributed by atoms with Crippen molar-refractivity contribution >= 4 is 0 Å². The molecule has 2 nitrogen and oxygen atoms in total. The first-order valence-corrected chi connectivity index (χ1v) is 6.58. The van der Waals surface area contributed by atoms with Crippen LogP contribution in [-0.4, -0.2) is 18.2 Å². The zero-order chi connectivity index (χ0) is 12.3. The molecule has 94 valence electrons. The van der Waals surface area contributed by atoms with Gasteiger partial charge in [0.25, 0.3) is 0 Å². The topological polar surface area (TPSA) is 21.3 Å². The first-order valence-electron chi connectivity index (χ1n) is 6.58. The van der Waals surface area contributed by atoms with Gasteiger partial charge in [0.1, 0.15) is 0 Å². The van der Waals surface area contributed by atoms with E-state index in [2.05, 4.69) is 50.4 Å². The fraction of sp³-hybridized carbons (Fsp3) is 0.600. The van der Waals surface area contributed by atoms with E-state index < -0.39 is 0 Å². The van der Waals surface area contributed by atoms with Crippen molar-refractivity contribution < 1.29 is 4.74 Å². The van der Waals surface area contributed by atoms with Crippen LogP contribution in [0.1, 0.15) is 37.8 Å². The van der Waals surface area contributed by atoms with Crippen LogP contribution in [0.4, 0.5) is 0 Å². The zero-order valence-corrected chi connectivity index (χ0v) is 11.1. The van der Waals surface area contributed by atoms with Crippen molar-refractivity contribution in [3.63, 3.8) is 0 Å². The Hall–Kier alpha value is -0.860. The van der Waals surface area contributed by atoms with Crippen molar-refractivity contribution in [3.8, 4) is 0 Å². The van der Waals surface area contributed by atoms with E-state index in [-0.39, 0.29) is 0 Å². The molecule has 0 aromatic heterocycles. The molecule has 2 unspecified atom stereocenters. The molecule has 2 atom stereocenters. The third kappa shape index (κ3) is 3.83. The summed E-state index contributed by atoms with van der Waals surface area (Å²) in [5.74, 6) is 0. The molecule has 0 spiro atoms. The van der Waals surface area contributed by atoms with E-state index in [1.165, 1.54) is 11.1 Å². The lowest BCUT2D eigenvalue weighted by atomic mass is 9.99. The molecule has 1 aromatic rings. The number of aryl methyl sites for hydroxylation is 1. The third-order valence-electron chi connectivity index (χ3n) is 3.37. The average molecular weight is 233 g/mol. The second-order valence-corrected chi connectivity index (χ2v) is 5.30. The monoisotopic (exact) mass is 233 g/mol. The first kappa shape index (κ1) is 12.6. The Balaban J connectivity index is 1.85. The van der Waals surface area contributed by atoms with E-state index in [1.54, 1.807) is 0 Å². The van der Waals surface area contributed by atoms with E-state index in [9.17, 15) is 0 Å². The van der Waals surface area contributed by atoms with Gasteiger partial charge in [0, 0.05) is 12.6 Å². The molecule has 0 aliphatic carbocycles. The van der Waals surface area contributed by atoms with Crippen LogP contribution in [0, 0.1) is 6.92 Å². The summed E-state index contributed by atoms with van der Waals surface area (Å²) >= 11 is 0. The van der Waals surface area contributed by atoms with Crippen molar-refractivity contribution in [2.24, 2.45) is 0 Å². The van der Waals surface area contributed by atoms with Crippen molar-refractivity contribution in [3.05, 3.63) is 35.4 Å². The molecule has 0 bridgehead atoms.